The minimum Gasteiger partial charge on any atom is -0.457 e. The van der Waals surface area contributed by atoms with Crippen molar-refractivity contribution in [2.24, 2.45) is 0 Å². The largest absolute Gasteiger partial charge is 0.457 e. The first-order valence-electron chi connectivity index (χ1n) is 9.54. The SMILES string of the molecule is c1ccc2c(c1)Cc1c(cccc1-c1c3ccccc3nc3ccccc13)O2. The Morgan fingerprint density at radius 1 is 0.607 bits per heavy atom. The lowest BCUT2D eigenvalue weighted by Gasteiger charge is -2.23. The first kappa shape index (κ1) is 15.4. The predicted molar refractivity (Wildman–Crippen MR) is 114 cm³/mol. The van der Waals surface area contributed by atoms with Crippen LogP contribution in [0.15, 0.2) is 91.0 Å². The van der Waals surface area contributed by atoms with Crippen LogP contribution in [0.4, 0.5) is 0 Å². The fourth-order valence-electron chi connectivity index (χ4n) is 4.27. The van der Waals surface area contributed by atoms with E-state index < -0.39 is 0 Å². The van der Waals surface area contributed by atoms with Gasteiger partial charge in [-0.3, -0.25) is 0 Å². The molecule has 2 heterocycles. The summed E-state index contributed by atoms with van der Waals surface area (Å²) in [6.45, 7) is 0. The summed E-state index contributed by atoms with van der Waals surface area (Å²) < 4.78 is 6.25. The average Bonchev–Trinajstić information content (AvgIpc) is 2.76. The number of benzene rings is 4. The van der Waals surface area contributed by atoms with Crippen LogP contribution in [0.3, 0.4) is 0 Å². The van der Waals surface area contributed by atoms with Crippen molar-refractivity contribution in [1.29, 1.82) is 0 Å². The quantitative estimate of drug-likeness (QED) is 0.303. The van der Waals surface area contributed by atoms with E-state index in [1.807, 2.05) is 24.3 Å². The molecule has 28 heavy (non-hydrogen) atoms. The van der Waals surface area contributed by atoms with Crippen LogP contribution in [0, 0.1) is 0 Å². The molecule has 132 valence electrons. The van der Waals surface area contributed by atoms with E-state index in [-0.39, 0.29) is 0 Å². The van der Waals surface area contributed by atoms with Gasteiger partial charge < -0.3 is 4.74 Å². The summed E-state index contributed by atoms with van der Waals surface area (Å²) in [6.07, 6.45) is 0.868. The van der Waals surface area contributed by atoms with Crippen LogP contribution in [-0.4, -0.2) is 4.98 Å². The van der Waals surface area contributed by atoms with Crippen LogP contribution >= 0.6 is 0 Å². The molecule has 0 saturated carbocycles. The molecule has 2 heteroatoms. The Morgan fingerprint density at radius 2 is 1.25 bits per heavy atom. The van der Waals surface area contributed by atoms with Gasteiger partial charge in [-0.25, -0.2) is 4.98 Å². The first-order chi connectivity index (χ1) is 13.9. The second-order valence-electron chi connectivity index (χ2n) is 7.19. The molecule has 1 aliphatic heterocycles. The van der Waals surface area contributed by atoms with Crippen LogP contribution < -0.4 is 4.74 Å². The number of hydrogen-bond acceptors (Lipinski definition) is 2. The van der Waals surface area contributed by atoms with E-state index in [2.05, 4.69) is 66.7 Å². The zero-order valence-corrected chi connectivity index (χ0v) is 15.2. The zero-order chi connectivity index (χ0) is 18.5. The summed E-state index contributed by atoms with van der Waals surface area (Å²) in [5.74, 6) is 1.90. The van der Waals surface area contributed by atoms with E-state index in [9.17, 15) is 0 Å². The fraction of sp³-hybridized carbons (Fsp3) is 0.0385. The van der Waals surface area contributed by atoms with E-state index in [1.165, 1.54) is 33.0 Å². The highest BCUT2D eigenvalue weighted by Crippen LogP contribution is 2.44. The van der Waals surface area contributed by atoms with Gasteiger partial charge in [0, 0.05) is 28.3 Å². The molecule has 0 bridgehead atoms. The van der Waals surface area contributed by atoms with Crippen LogP contribution in [0.25, 0.3) is 32.9 Å². The van der Waals surface area contributed by atoms with Gasteiger partial charge in [0.15, 0.2) is 0 Å². The second kappa shape index (κ2) is 5.93. The number of pyridine rings is 1. The van der Waals surface area contributed by atoms with Crippen molar-refractivity contribution in [2.45, 2.75) is 6.42 Å². The van der Waals surface area contributed by atoms with Gasteiger partial charge >= 0.3 is 0 Å². The summed E-state index contributed by atoms with van der Waals surface area (Å²) in [5, 5.41) is 2.35. The summed E-state index contributed by atoms with van der Waals surface area (Å²) in [7, 11) is 0. The van der Waals surface area contributed by atoms with Gasteiger partial charge in [0.2, 0.25) is 0 Å². The van der Waals surface area contributed by atoms with Crippen molar-refractivity contribution < 1.29 is 4.74 Å². The lowest BCUT2D eigenvalue weighted by molar-refractivity contribution is 0.460. The lowest BCUT2D eigenvalue weighted by atomic mass is 9.88. The molecule has 5 aromatic rings. The molecule has 6 rings (SSSR count). The van der Waals surface area contributed by atoms with Gasteiger partial charge in [0.25, 0.3) is 0 Å². The van der Waals surface area contributed by atoms with Crippen LogP contribution in [0.5, 0.6) is 11.5 Å². The molecule has 0 spiro atoms. The molecule has 0 fully saturated rings. The third kappa shape index (κ3) is 2.25. The topological polar surface area (TPSA) is 22.1 Å². The predicted octanol–water partition coefficient (Wildman–Crippen LogP) is 6.75. The van der Waals surface area contributed by atoms with Crippen molar-refractivity contribution in [3.8, 4) is 22.6 Å². The standard InChI is InChI=1S/C26H17NO/c1-6-14-24-17(8-1)16-21-18(11-7-15-25(21)28-24)26-19-9-2-4-12-22(19)27-23-13-5-3-10-20(23)26/h1-15H,16H2. The Labute approximate surface area is 163 Å². The second-order valence-corrected chi connectivity index (χ2v) is 7.19. The summed E-state index contributed by atoms with van der Waals surface area (Å²) in [6, 6.07) is 31.5. The summed E-state index contributed by atoms with van der Waals surface area (Å²) in [5.41, 5.74) is 6.97. The molecule has 1 aromatic heterocycles. The molecular formula is C26H17NO. The van der Waals surface area contributed by atoms with Crippen molar-refractivity contribution in [2.75, 3.05) is 0 Å². The van der Waals surface area contributed by atoms with E-state index in [4.69, 9.17) is 9.72 Å². The number of ether oxygens (including phenoxy) is 1. The van der Waals surface area contributed by atoms with Gasteiger partial charge in [-0.05, 0) is 35.4 Å². The normalized spacial score (nSPS) is 12.4. The number of rotatable bonds is 1. The Hall–Kier alpha value is -3.65. The minimum absolute atomic E-state index is 0.868. The third-order valence-corrected chi connectivity index (χ3v) is 5.55. The highest BCUT2D eigenvalue weighted by molar-refractivity contribution is 6.10. The number of hydrogen-bond donors (Lipinski definition) is 0. The van der Waals surface area contributed by atoms with E-state index in [0.29, 0.717) is 0 Å². The number of para-hydroxylation sites is 3. The molecule has 0 atom stereocenters. The maximum absolute atomic E-state index is 6.25. The van der Waals surface area contributed by atoms with E-state index in [1.54, 1.807) is 0 Å². The number of fused-ring (bicyclic) bond motifs is 4. The van der Waals surface area contributed by atoms with Gasteiger partial charge in [0.05, 0.1) is 11.0 Å². The Bertz CT molecular complexity index is 1320. The first-order valence-corrected chi connectivity index (χ1v) is 9.54. The molecular weight excluding hydrogens is 342 g/mol. The minimum atomic E-state index is 0.868. The number of aromatic nitrogens is 1. The van der Waals surface area contributed by atoms with Crippen LogP contribution in [-0.2, 0) is 6.42 Å². The average molecular weight is 359 g/mol. The Morgan fingerprint density at radius 3 is 2.04 bits per heavy atom. The van der Waals surface area contributed by atoms with Crippen LogP contribution in [0.1, 0.15) is 11.1 Å². The van der Waals surface area contributed by atoms with E-state index in [0.717, 1.165) is 29.0 Å². The molecule has 0 N–H and O–H groups in total. The maximum Gasteiger partial charge on any atom is 0.131 e. The Kier molecular flexibility index (Phi) is 3.26. The van der Waals surface area contributed by atoms with Gasteiger partial charge in [-0.15, -0.1) is 0 Å². The van der Waals surface area contributed by atoms with Crippen molar-refractivity contribution >= 4 is 21.8 Å². The van der Waals surface area contributed by atoms with E-state index >= 15 is 0 Å². The van der Waals surface area contributed by atoms with Gasteiger partial charge in [-0.1, -0.05) is 66.7 Å². The van der Waals surface area contributed by atoms with Crippen molar-refractivity contribution in [3.63, 3.8) is 0 Å². The molecule has 0 aliphatic carbocycles. The molecule has 0 amide bonds. The highest BCUT2D eigenvalue weighted by Gasteiger charge is 2.22. The molecule has 0 saturated heterocycles. The zero-order valence-electron chi connectivity index (χ0n) is 15.2. The summed E-state index contributed by atoms with van der Waals surface area (Å²) in [4.78, 5) is 4.88. The van der Waals surface area contributed by atoms with Crippen LogP contribution in [0.2, 0.25) is 0 Å². The van der Waals surface area contributed by atoms with Gasteiger partial charge in [-0.2, -0.15) is 0 Å². The fourth-order valence-corrected chi connectivity index (χ4v) is 4.27. The molecule has 2 nitrogen and oxygen atoms in total. The van der Waals surface area contributed by atoms with Crippen molar-refractivity contribution in [1.82, 2.24) is 4.98 Å². The molecule has 1 aliphatic rings. The third-order valence-electron chi connectivity index (χ3n) is 5.55. The van der Waals surface area contributed by atoms with Crippen molar-refractivity contribution in [3.05, 3.63) is 102 Å². The highest BCUT2D eigenvalue weighted by atomic mass is 16.5. The Balaban J connectivity index is 1.70. The van der Waals surface area contributed by atoms with Gasteiger partial charge in [0.1, 0.15) is 11.5 Å². The molecule has 4 aromatic carbocycles. The number of nitrogens with zero attached hydrogens (tertiary/aromatic N) is 1. The summed E-state index contributed by atoms with van der Waals surface area (Å²) >= 11 is 0. The lowest BCUT2D eigenvalue weighted by Crippen LogP contribution is -2.05. The maximum atomic E-state index is 6.25. The molecule has 0 unspecified atom stereocenters. The smallest absolute Gasteiger partial charge is 0.131 e. The molecule has 0 radical (unpaired) electrons. The monoisotopic (exact) mass is 359 g/mol.